The maximum atomic E-state index is 15.3. The van der Waals surface area contributed by atoms with Crippen LogP contribution in [0.4, 0.5) is 33.3 Å². The van der Waals surface area contributed by atoms with E-state index in [1.165, 1.54) is 12.3 Å². The van der Waals surface area contributed by atoms with E-state index in [1.54, 1.807) is 12.3 Å². The topological polar surface area (TPSA) is 84.4 Å². The van der Waals surface area contributed by atoms with E-state index in [2.05, 4.69) is 9.97 Å². The number of halogens is 5. The number of anilines is 2. The van der Waals surface area contributed by atoms with E-state index in [9.17, 15) is 27.2 Å². The molecule has 38 heavy (non-hydrogen) atoms. The third kappa shape index (κ3) is 4.77. The van der Waals surface area contributed by atoms with Crippen molar-refractivity contribution in [2.24, 2.45) is 0 Å². The van der Waals surface area contributed by atoms with Crippen LogP contribution in [-0.4, -0.2) is 48.0 Å². The lowest BCUT2D eigenvalue weighted by molar-refractivity contribution is 0.101. The first kappa shape index (κ1) is 25.2. The molecule has 12 heteroatoms. The average molecular weight is 528 g/mol. The van der Waals surface area contributed by atoms with Crippen molar-refractivity contribution in [1.29, 1.82) is 0 Å². The van der Waals surface area contributed by atoms with Crippen molar-refractivity contribution in [3.63, 3.8) is 0 Å². The Bertz CT molecular complexity index is 1590. The maximum Gasteiger partial charge on any atom is 0.255 e. The predicted octanol–water partition coefficient (Wildman–Crippen LogP) is 4.65. The highest BCUT2D eigenvalue weighted by atomic mass is 19.2. The molecule has 0 bridgehead atoms. The van der Waals surface area contributed by atoms with Crippen molar-refractivity contribution in [2.75, 3.05) is 36.5 Å². The molecule has 3 heterocycles. The van der Waals surface area contributed by atoms with Crippen molar-refractivity contribution in [2.45, 2.75) is 0 Å². The summed E-state index contributed by atoms with van der Waals surface area (Å²) in [7, 11) is 0. The van der Waals surface area contributed by atoms with Crippen LogP contribution in [0.1, 0.15) is 26.4 Å². The third-order valence-corrected chi connectivity index (χ3v) is 5.98. The van der Waals surface area contributed by atoms with Gasteiger partial charge in [-0.05, 0) is 30.3 Å². The smallest absolute Gasteiger partial charge is 0.255 e. The predicted molar refractivity (Wildman–Crippen MR) is 127 cm³/mol. The zero-order valence-electron chi connectivity index (χ0n) is 19.4. The number of aromatic nitrogens is 2. The van der Waals surface area contributed by atoms with Crippen molar-refractivity contribution < 1.29 is 36.3 Å². The summed E-state index contributed by atoms with van der Waals surface area (Å²) in [6.45, 7) is 2.32. The Morgan fingerprint density at radius 1 is 0.842 bits per heavy atom. The summed E-state index contributed by atoms with van der Waals surface area (Å²) >= 11 is 0. The Labute approximate surface area is 211 Å². The van der Waals surface area contributed by atoms with Crippen LogP contribution < -0.4 is 10.2 Å². The standard InChI is InChI=1S/C26H17F5N4O3/c27-16-2-1-13(8-17(16)28)26(37)34-19-10-18(29)23(30)22(24(19)31)25(36)20-9-14-7-15(11-32-21(14)12-33-20)35-3-5-38-6-4-35/h1-2,7-12H,3-6H2,(H,34,37). The summed E-state index contributed by atoms with van der Waals surface area (Å²) in [6.07, 6.45) is 2.87. The Morgan fingerprint density at radius 2 is 1.61 bits per heavy atom. The summed E-state index contributed by atoms with van der Waals surface area (Å²) in [4.78, 5) is 35.7. The number of hydrogen-bond acceptors (Lipinski definition) is 6. The number of nitrogens with zero attached hydrogens (tertiary/aromatic N) is 3. The number of benzene rings is 2. The number of carbonyl (C=O) groups is 2. The minimum absolute atomic E-state index is 0.339. The normalized spacial score (nSPS) is 13.6. The highest BCUT2D eigenvalue weighted by Gasteiger charge is 2.27. The van der Waals surface area contributed by atoms with Gasteiger partial charge in [-0.15, -0.1) is 0 Å². The van der Waals surface area contributed by atoms with Crippen molar-refractivity contribution in [1.82, 2.24) is 9.97 Å². The van der Waals surface area contributed by atoms with E-state index in [0.717, 1.165) is 11.8 Å². The van der Waals surface area contributed by atoms with E-state index in [1.807, 2.05) is 10.2 Å². The summed E-state index contributed by atoms with van der Waals surface area (Å²) in [5.41, 5.74) is -1.80. The van der Waals surface area contributed by atoms with E-state index in [-0.39, 0.29) is 5.69 Å². The second kappa shape index (κ2) is 10.1. The van der Waals surface area contributed by atoms with Crippen LogP contribution in [0.3, 0.4) is 0 Å². The number of morpholine rings is 1. The molecule has 4 aromatic rings. The van der Waals surface area contributed by atoms with Gasteiger partial charge in [-0.1, -0.05) is 0 Å². The van der Waals surface area contributed by atoms with Crippen molar-refractivity contribution >= 4 is 34.0 Å². The Balaban J connectivity index is 1.48. The molecule has 1 aliphatic rings. The van der Waals surface area contributed by atoms with Gasteiger partial charge < -0.3 is 15.0 Å². The number of hydrogen-bond donors (Lipinski definition) is 1. The number of nitrogens with one attached hydrogen (secondary N) is 1. The van der Waals surface area contributed by atoms with Crippen LogP contribution in [0, 0.1) is 29.1 Å². The molecule has 0 atom stereocenters. The van der Waals surface area contributed by atoms with E-state index < -0.39 is 57.6 Å². The lowest BCUT2D eigenvalue weighted by atomic mass is 10.0. The molecule has 0 spiro atoms. The van der Waals surface area contributed by atoms with Gasteiger partial charge in [-0.3, -0.25) is 19.6 Å². The minimum atomic E-state index is -1.78. The van der Waals surface area contributed by atoms with Crippen molar-refractivity contribution in [3.05, 3.63) is 94.7 Å². The molecule has 1 amide bonds. The molecule has 1 saturated heterocycles. The fourth-order valence-corrected chi connectivity index (χ4v) is 3.99. The molecule has 5 rings (SSSR count). The monoisotopic (exact) mass is 528 g/mol. The second-order valence-corrected chi connectivity index (χ2v) is 8.38. The number of pyridine rings is 2. The fourth-order valence-electron chi connectivity index (χ4n) is 3.99. The zero-order valence-corrected chi connectivity index (χ0v) is 19.4. The van der Waals surface area contributed by atoms with E-state index in [0.29, 0.717) is 55.4 Å². The van der Waals surface area contributed by atoms with Gasteiger partial charge >= 0.3 is 0 Å². The van der Waals surface area contributed by atoms with E-state index in [4.69, 9.17) is 4.74 Å². The molecule has 0 saturated carbocycles. The van der Waals surface area contributed by atoms with Gasteiger partial charge in [0.25, 0.3) is 5.91 Å². The van der Waals surface area contributed by atoms with Crippen molar-refractivity contribution in [3.8, 4) is 0 Å². The minimum Gasteiger partial charge on any atom is -0.378 e. The Hall–Kier alpha value is -4.45. The van der Waals surface area contributed by atoms with Gasteiger partial charge in [0.2, 0.25) is 5.78 Å². The maximum absolute atomic E-state index is 15.3. The quantitative estimate of drug-likeness (QED) is 0.231. The molecular weight excluding hydrogens is 511 g/mol. The van der Waals surface area contributed by atoms with E-state index >= 15 is 4.39 Å². The molecule has 1 fully saturated rings. The van der Waals surface area contributed by atoms with Gasteiger partial charge in [0, 0.05) is 30.1 Å². The highest BCUT2D eigenvalue weighted by Crippen LogP contribution is 2.28. The lowest BCUT2D eigenvalue weighted by Gasteiger charge is -2.28. The van der Waals surface area contributed by atoms with Gasteiger partial charge in [0.05, 0.1) is 42.5 Å². The molecule has 194 valence electrons. The van der Waals surface area contributed by atoms with Gasteiger partial charge in [0.15, 0.2) is 29.1 Å². The Morgan fingerprint density at radius 3 is 2.34 bits per heavy atom. The summed E-state index contributed by atoms with van der Waals surface area (Å²) in [5.74, 6) is -9.93. The fraction of sp³-hybridized carbons (Fsp3) is 0.154. The van der Waals surface area contributed by atoms with Crippen LogP contribution in [-0.2, 0) is 4.74 Å². The first-order valence-electron chi connectivity index (χ1n) is 11.3. The second-order valence-electron chi connectivity index (χ2n) is 8.38. The first-order valence-corrected chi connectivity index (χ1v) is 11.3. The van der Waals surface area contributed by atoms with Crippen LogP contribution in [0.5, 0.6) is 0 Å². The van der Waals surface area contributed by atoms with Gasteiger partial charge in [0.1, 0.15) is 11.3 Å². The SMILES string of the molecule is O=C(Nc1cc(F)c(F)c(C(=O)c2cc3cc(N4CCOCC4)cnc3cn2)c1F)c1ccc(F)c(F)c1. The summed E-state index contributed by atoms with van der Waals surface area (Å²) in [5, 5.41) is 2.41. The molecule has 0 aliphatic carbocycles. The van der Waals surface area contributed by atoms with Gasteiger partial charge in [-0.2, -0.15) is 0 Å². The number of carbonyl (C=O) groups excluding carboxylic acids is 2. The molecule has 7 nitrogen and oxygen atoms in total. The third-order valence-electron chi connectivity index (χ3n) is 5.98. The molecule has 2 aromatic carbocycles. The number of ketones is 1. The van der Waals surface area contributed by atoms with Crippen LogP contribution in [0.25, 0.3) is 10.9 Å². The highest BCUT2D eigenvalue weighted by molar-refractivity contribution is 6.11. The van der Waals surface area contributed by atoms with Gasteiger partial charge in [-0.25, -0.2) is 22.0 Å². The van der Waals surface area contributed by atoms with Crippen LogP contribution >= 0.6 is 0 Å². The molecule has 0 radical (unpaired) electrons. The largest absolute Gasteiger partial charge is 0.378 e. The lowest BCUT2D eigenvalue weighted by Crippen LogP contribution is -2.36. The summed E-state index contributed by atoms with van der Waals surface area (Å²) in [6, 6.07) is 5.48. The first-order chi connectivity index (χ1) is 18.2. The Kier molecular flexibility index (Phi) is 6.72. The van der Waals surface area contributed by atoms with Crippen LogP contribution in [0.15, 0.2) is 48.8 Å². The summed E-state index contributed by atoms with van der Waals surface area (Å²) < 4.78 is 76.2. The number of ether oxygens (including phenoxy) is 1. The molecular formula is C26H17F5N4O3. The van der Waals surface area contributed by atoms with Crippen LogP contribution in [0.2, 0.25) is 0 Å². The number of fused-ring (bicyclic) bond motifs is 1. The molecule has 2 aromatic heterocycles. The molecule has 1 aliphatic heterocycles. The number of amides is 1. The molecule has 1 N–H and O–H groups in total. The zero-order chi connectivity index (χ0) is 27.0. The average Bonchev–Trinajstić information content (AvgIpc) is 2.93. The molecule has 0 unspecified atom stereocenters. The number of rotatable bonds is 5.